The number of hydrogen-bond acceptors (Lipinski definition) is 4. The lowest BCUT2D eigenvalue weighted by atomic mass is 9.94. The Hall–Kier alpha value is -4.31. The molecule has 4 aromatic rings. The maximum atomic E-state index is 14.4. The van der Waals surface area contributed by atoms with Crippen LogP contribution in [0, 0.1) is 0 Å². The molecule has 1 saturated heterocycles. The summed E-state index contributed by atoms with van der Waals surface area (Å²) in [6, 6.07) is 17.3. The highest BCUT2D eigenvalue weighted by Gasteiger charge is 2.36. The van der Waals surface area contributed by atoms with Crippen LogP contribution in [0.25, 0.3) is 22.0 Å². The number of ether oxygens (including phenoxy) is 1. The van der Waals surface area contributed by atoms with Crippen LogP contribution in [0.1, 0.15) is 57.3 Å². The third-order valence-electron chi connectivity index (χ3n) is 8.74. The standard InChI is InChI=1S/C34H34F3N3O4/c1-21-19-22-7-2-3-11-29(22)40(21)14-5-4-8-27-26-10-6-9-25(30(26)38-31(27)33(42)43)24-13-12-23(20-28(24)34(35,36)37)32(41)39-15-17-44-18-16-39/h2-3,6-7,9-13,20-21,38H,4-5,8,14-19H2,1H3,(H,42,43). The van der Waals surface area contributed by atoms with E-state index in [1.165, 1.54) is 28.3 Å². The molecule has 0 spiro atoms. The lowest BCUT2D eigenvalue weighted by Crippen LogP contribution is -2.40. The summed E-state index contributed by atoms with van der Waals surface area (Å²) < 4.78 is 48.6. The number of benzene rings is 3. The minimum absolute atomic E-state index is 0.0139. The van der Waals surface area contributed by atoms with E-state index < -0.39 is 23.6 Å². The first-order valence-electron chi connectivity index (χ1n) is 14.9. The molecule has 0 radical (unpaired) electrons. The highest BCUT2D eigenvalue weighted by Crippen LogP contribution is 2.41. The van der Waals surface area contributed by atoms with Gasteiger partial charge in [0.15, 0.2) is 0 Å². The first kappa shape index (κ1) is 29.7. The lowest BCUT2D eigenvalue weighted by molar-refractivity contribution is -0.137. The first-order valence-corrected chi connectivity index (χ1v) is 14.9. The van der Waals surface area contributed by atoms with Crippen LogP contribution in [0.3, 0.4) is 0 Å². The van der Waals surface area contributed by atoms with Gasteiger partial charge in [-0.05, 0) is 67.5 Å². The van der Waals surface area contributed by atoms with Crippen LogP contribution in [0.5, 0.6) is 0 Å². The number of halogens is 3. The number of alkyl halides is 3. The summed E-state index contributed by atoms with van der Waals surface area (Å²) in [5, 5.41) is 10.6. The third kappa shape index (κ3) is 5.66. The van der Waals surface area contributed by atoms with Crippen molar-refractivity contribution >= 4 is 28.5 Å². The van der Waals surface area contributed by atoms with Crippen LogP contribution in [-0.4, -0.2) is 65.8 Å². The van der Waals surface area contributed by atoms with Crippen LogP contribution in [0.4, 0.5) is 18.9 Å². The highest BCUT2D eigenvalue weighted by atomic mass is 19.4. The molecule has 1 amide bonds. The van der Waals surface area contributed by atoms with Crippen LogP contribution < -0.4 is 4.90 Å². The number of aromatic amines is 1. The molecular weight excluding hydrogens is 571 g/mol. The van der Waals surface area contributed by atoms with Gasteiger partial charge in [0.25, 0.3) is 5.91 Å². The summed E-state index contributed by atoms with van der Waals surface area (Å²) in [6.45, 7) is 4.33. The molecule has 3 aromatic carbocycles. The van der Waals surface area contributed by atoms with E-state index in [0.29, 0.717) is 55.2 Å². The Bertz CT molecular complexity index is 1710. The number of aromatic carboxylic acids is 1. The van der Waals surface area contributed by atoms with Crippen molar-refractivity contribution in [1.82, 2.24) is 9.88 Å². The van der Waals surface area contributed by atoms with E-state index >= 15 is 0 Å². The Labute approximate surface area is 253 Å². The molecule has 0 saturated carbocycles. The van der Waals surface area contributed by atoms with E-state index in [9.17, 15) is 27.9 Å². The molecule has 10 heteroatoms. The molecule has 1 aromatic heterocycles. The molecule has 44 heavy (non-hydrogen) atoms. The number of H-pyrrole nitrogens is 1. The van der Waals surface area contributed by atoms with E-state index in [2.05, 4.69) is 28.9 Å². The van der Waals surface area contributed by atoms with Crippen LogP contribution in [0.2, 0.25) is 0 Å². The zero-order valence-corrected chi connectivity index (χ0v) is 24.4. The number of carbonyl (C=O) groups excluding carboxylic acids is 1. The maximum Gasteiger partial charge on any atom is 0.417 e. The van der Waals surface area contributed by atoms with Gasteiger partial charge in [0.05, 0.1) is 24.3 Å². The summed E-state index contributed by atoms with van der Waals surface area (Å²) in [6.07, 6.45) is -1.73. The number of rotatable bonds is 8. The number of aryl methyl sites for hydroxylation is 1. The van der Waals surface area contributed by atoms with Crippen molar-refractivity contribution in [2.24, 2.45) is 0 Å². The molecule has 230 valence electrons. The second-order valence-electron chi connectivity index (χ2n) is 11.5. The number of hydrogen-bond donors (Lipinski definition) is 2. The monoisotopic (exact) mass is 605 g/mol. The third-order valence-corrected chi connectivity index (χ3v) is 8.74. The van der Waals surface area contributed by atoms with E-state index in [1.54, 1.807) is 18.2 Å². The number of para-hydroxylation sites is 2. The zero-order chi connectivity index (χ0) is 31.0. The van der Waals surface area contributed by atoms with E-state index in [-0.39, 0.29) is 22.4 Å². The molecule has 6 rings (SSSR count). The highest BCUT2D eigenvalue weighted by molar-refractivity contribution is 6.04. The van der Waals surface area contributed by atoms with Crippen molar-refractivity contribution in [3.63, 3.8) is 0 Å². The number of nitrogens with one attached hydrogen (secondary N) is 1. The number of anilines is 1. The topological polar surface area (TPSA) is 85.9 Å². The lowest BCUT2D eigenvalue weighted by Gasteiger charge is -2.27. The fraction of sp³-hybridized carbons (Fsp3) is 0.353. The maximum absolute atomic E-state index is 14.4. The summed E-state index contributed by atoms with van der Waals surface area (Å²) >= 11 is 0. The fourth-order valence-corrected chi connectivity index (χ4v) is 6.59. The summed E-state index contributed by atoms with van der Waals surface area (Å²) in [5.41, 5.74) is 2.58. The number of carbonyl (C=O) groups is 2. The second kappa shape index (κ2) is 12.0. The van der Waals surface area contributed by atoms with Gasteiger partial charge in [-0.25, -0.2) is 4.79 Å². The number of unbranched alkanes of at least 4 members (excludes halogenated alkanes) is 1. The van der Waals surface area contributed by atoms with Gasteiger partial charge in [-0.3, -0.25) is 4.79 Å². The molecular formula is C34H34F3N3O4. The van der Waals surface area contributed by atoms with Gasteiger partial charge in [0.2, 0.25) is 0 Å². The Morgan fingerprint density at radius 3 is 2.52 bits per heavy atom. The minimum Gasteiger partial charge on any atom is -0.477 e. The molecule has 0 bridgehead atoms. The molecule has 2 aliphatic heterocycles. The first-order chi connectivity index (χ1) is 21.1. The summed E-state index contributed by atoms with van der Waals surface area (Å²) in [4.78, 5) is 32.1. The molecule has 2 N–H and O–H groups in total. The van der Waals surface area contributed by atoms with Gasteiger partial charge in [-0.1, -0.05) is 42.5 Å². The zero-order valence-electron chi connectivity index (χ0n) is 24.4. The molecule has 1 fully saturated rings. The van der Waals surface area contributed by atoms with Crippen LogP contribution in [0.15, 0.2) is 60.7 Å². The normalized spacial score (nSPS) is 16.9. The Morgan fingerprint density at radius 2 is 1.77 bits per heavy atom. The molecule has 7 nitrogen and oxygen atoms in total. The minimum atomic E-state index is -4.74. The number of carboxylic acid groups (broad SMARTS) is 1. The van der Waals surface area contributed by atoms with E-state index in [1.807, 2.05) is 12.1 Å². The number of amides is 1. The average molecular weight is 606 g/mol. The largest absolute Gasteiger partial charge is 0.477 e. The molecule has 3 heterocycles. The van der Waals surface area contributed by atoms with Gasteiger partial charge in [0.1, 0.15) is 5.69 Å². The SMILES string of the molecule is CC1Cc2ccccc2N1CCCCc1c(C(=O)O)[nH]c2c(-c3ccc(C(=O)N4CCOCC4)cc3C(F)(F)F)cccc12. The number of carboxylic acids is 1. The second-order valence-corrected chi connectivity index (χ2v) is 11.5. The van der Waals surface area contributed by atoms with E-state index in [4.69, 9.17) is 4.74 Å². The number of nitrogens with zero attached hydrogens (tertiary/aromatic N) is 2. The molecule has 1 unspecified atom stereocenters. The Morgan fingerprint density at radius 1 is 1.00 bits per heavy atom. The van der Waals surface area contributed by atoms with Crippen molar-refractivity contribution < 1.29 is 32.6 Å². The van der Waals surface area contributed by atoms with Crippen molar-refractivity contribution in [2.75, 3.05) is 37.7 Å². The smallest absolute Gasteiger partial charge is 0.417 e. The van der Waals surface area contributed by atoms with E-state index in [0.717, 1.165) is 31.9 Å². The molecule has 1 atom stereocenters. The van der Waals surface area contributed by atoms with Crippen LogP contribution >= 0.6 is 0 Å². The molecule has 2 aliphatic rings. The average Bonchev–Trinajstić information content (AvgIpc) is 3.55. The van der Waals surface area contributed by atoms with Gasteiger partial charge < -0.3 is 24.6 Å². The Kier molecular flexibility index (Phi) is 8.11. The van der Waals surface area contributed by atoms with Crippen molar-refractivity contribution in [3.8, 4) is 11.1 Å². The van der Waals surface area contributed by atoms with Gasteiger partial charge in [0, 0.05) is 47.9 Å². The number of aromatic nitrogens is 1. The predicted molar refractivity (Wildman–Crippen MR) is 162 cm³/mol. The Balaban J connectivity index is 1.29. The van der Waals surface area contributed by atoms with Crippen LogP contribution in [-0.2, 0) is 23.8 Å². The van der Waals surface area contributed by atoms with Gasteiger partial charge in [-0.2, -0.15) is 13.2 Å². The van der Waals surface area contributed by atoms with Crippen molar-refractivity contribution in [1.29, 1.82) is 0 Å². The molecule has 0 aliphatic carbocycles. The van der Waals surface area contributed by atoms with Gasteiger partial charge >= 0.3 is 12.1 Å². The quantitative estimate of drug-likeness (QED) is 0.216. The van der Waals surface area contributed by atoms with Crippen molar-refractivity contribution in [2.45, 2.75) is 44.8 Å². The fourth-order valence-electron chi connectivity index (χ4n) is 6.59. The summed E-state index contributed by atoms with van der Waals surface area (Å²) in [5.74, 6) is -1.64. The summed E-state index contributed by atoms with van der Waals surface area (Å²) in [7, 11) is 0. The van der Waals surface area contributed by atoms with Crippen molar-refractivity contribution in [3.05, 3.63) is 88.6 Å². The van der Waals surface area contributed by atoms with Gasteiger partial charge in [-0.15, -0.1) is 0 Å². The number of morpholine rings is 1. The predicted octanol–water partition coefficient (Wildman–Crippen LogP) is 6.80. The number of fused-ring (bicyclic) bond motifs is 2.